The van der Waals surface area contributed by atoms with Gasteiger partial charge in [-0.2, -0.15) is 0 Å². The van der Waals surface area contributed by atoms with Crippen LogP contribution in [-0.4, -0.2) is 25.6 Å². The fourth-order valence-corrected chi connectivity index (χ4v) is 2.47. The van der Waals surface area contributed by atoms with Crippen LogP contribution in [-0.2, 0) is 10.0 Å². The molecule has 0 aliphatic rings. The highest BCUT2D eigenvalue weighted by molar-refractivity contribution is 9.10. The summed E-state index contributed by atoms with van der Waals surface area (Å²) >= 11 is 3.20. The summed E-state index contributed by atoms with van der Waals surface area (Å²) in [5.41, 5.74) is 1.25. The summed E-state index contributed by atoms with van der Waals surface area (Å²) in [6.45, 7) is 0. The smallest absolute Gasteiger partial charge is 0.274 e. The minimum absolute atomic E-state index is 0.280. The molecule has 0 saturated heterocycles. The summed E-state index contributed by atoms with van der Waals surface area (Å²) in [4.78, 5) is 16.0. The summed E-state index contributed by atoms with van der Waals surface area (Å²) in [6, 6.07) is 11.4. The van der Waals surface area contributed by atoms with Gasteiger partial charge in [0.05, 0.1) is 6.26 Å². The van der Waals surface area contributed by atoms with Crippen molar-refractivity contribution in [2.75, 3.05) is 16.3 Å². The van der Waals surface area contributed by atoms with Gasteiger partial charge in [0.25, 0.3) is 5.91 Å². The molecule has 1 heterocycles. The predicted molar refractivity (Wildman–Crippen MR) is 84.8 cm³/mol. The second-order valence-corrected chi connectivity index (χ2v) is 6.81. The van der Waals surface area contributed by atoms with Crippen LogP contribution in [0.2, 0.25) is 0 Å². The number of carbonyl (C=O) groups excluding carboxylic acids is 1. The molecule has 21 heavy (non-hydrogen) atoms. The predicted octanol–water partition coefficient (Wildman–Crippen LogP) is 2.47. The van der Waals surface area contributed by atoms with Gasteiger partial charge in [-0.15, -0.1) is 0 Å². The molecule has 8 heteroatoms. The molecule has 2 N–H and O–H groups in total. The van der Waals surface area contributed by atoms with Crippen molar-refractivity contribution in [3.8, 4) is 0 Å². The topological polar surface area (TPSA) is 88.2 Å². The van der Waals surface area contributed by atoms with Crippen molar-refractivity contribution in [1.29, 1.82) is 0 Å². The van der Waals surface area contributed by atoms with Crippen molar-refractivity contribution >= 4 is 43.2 Å². The molecule has 0 spiro atoms. The molecular formula is C13H12BrN3O3S. The van der Waals surface area contributed by atoms with Crippen LogP contribution in [0.15, 0.2) is 47.1 Å². The Morgan fingerprint density at radius 1 is 1.10 bits per heavy atom. The lowest BCUT2D eigenvalue weighted by molar-refractivity contribution is 0.102. The van der Waals surface area contributed by atoms with Crippen molar-refractivity contribution in [2.45, 2.75) is 0 Å². The molecule has 1 amide bonds. The van der Waals surface area contributed by atoms with Crippen LogP contribution in [0.3, 0.4) is 0 Å². The molecule has 6 nitrogen and oxygen atoms in total. The number of hydrogen-bond donors (Lipinski definition) is 2. The zero-order chi connectivity index (χ0) is 15.5. The monoisotopic (exact) mass is 369 g/mol. The van der Waals surface area contributed by atoms with E-state index >= 15 is 0 Å². The second-order valence-electron chi connectivity index (χ2n) is 4.25. The van der Waals surface area contributed by atoms with Gasteiger partial charge in [-0.05, 0) is 52.3 Å². The maximum Gasteiger partial charge on any atom is 0.274 e. The Bertz CT molecular complexity index is 760. The van der Waals surface area contributed by atoms with E-state index in [4.69, 9.17) is 0 Å². The summed E-state index contributed by atoms with van der Waals surface area (Å²) in [7, 11) is -3.31. The Balaban J connectivity index is 2.08. The molecule has 0 fully saturated rings. The average molecular weight is 370 g/mol. The largest absolute Gasteiger partial charge is 0.321 e. The minimum atomic E-state index is -3.31. The zero-order valence-electron chi connectivity index (χ0n) is 11.0. The van der Waals surface area contributed by atoms with Crippen LogP contribution in [0.1, 0.15) is 10.5 Å². The Labute approximate surface area is 130 Å². The molecule has 1 aromatic carbocycles. The van der Waals surface area contributed by atoms with Gasteiger partial charge in [0.2, 0.25) is 10.0 Å². The van der Waals surface area contributed by atoms with E-state index in [-0.39, 0.29) is 11.6 Å². The number of aromatic nitrogens is 1. The lowest BCUT2D eigenvalue weighted by atomic mass is 10.2. The number of nitrogens with zero attached hydrogens (tertiary/aromatic N) is 1. The normalized spacial score (nSPS) is 11.0. The number of pyridine rings is 1. The molecule has 0 aliphatic carbocycles. The number of sulfonamides is 1. The van der Waals surface area contributed by atoms with Gasteiger partial charge in [0.15, 0.2) is 0 Å². The number of benzene rings is 1. The number of hydrogen-bond acceptors (Lipinski definition) is 4. The van der Waals surface area contributed by atoms with Gasteiger partial charge in [-0.25, -0.2) is 13.4 Å². The Morgan fingerprint density at radius 2 is 1.71 bits per heavy atom. The number of rotatable bonds is 4. The van der Waals surface area contributed by atoms with Gasteiger partial charge in [0, 0.05) is 11.4 Å². The zero-order valence-corrected chi connectivity index (χ0v) is 13.4. The third-order valence-electron chi connectivity index (χ3n) is 2.39. The molecule has 1 aromatic heterocycles. The van der Waals surface area contributed by atoms with Gasteiger partial charge in [0.1, 0.15) is 10.3 Å². The van der Waals surface area contributed by atoms with Crippen LogP contribution >= 0.6 is 15.9 Å². The van der Waals surface area contributed by atoms with Gasteiger partial charge in [-0.3, -0.25) is 9.52 Å². The fraction of sp³-hybridized carbons (Fsp3) is 0.0769. The molecule has 0 bridgehead atoms. The van der Waals surface area contributed by atoms with Crippen LogP contribution in [0.4, 0.5) is 11.4 Å². The summed E-state index contributed by atoms with van der Waals surface area (Å²) < 4.78 is 25.1. The number of nitrogens with one attached hydrogen (secondary N) is 2. The molecule has 0 unspecified atom stereocenters. The van der Waals surface area contributed by atoms with Crippen LogP contribution in [0, 0.1) is 0 Å². The van der Waals surface area contributed by atoms with Gasteiger partial charge < -0.3 is 5.32 Å². The van der Waals surface area contributed by atoms with Crippen molar-refractivity contribution < 1.29 is 13.2 Å². The Morgan fingerprint density at radius 3 is 2.29 bits per heavy atom. The number of anilines is 2. The summed E-state index contributed by atoms with van der Waals surface area (Å²) in [5, 5.41) is 2.68. The minimum Gasteiger partial charge on any atom is -0.321 e. The first-order chi connectivity index (χ1) is 9.83. The first-order valence-corrected chi connectivity index (χ1v) is 8.54. The van der Waals surface area contributed by atoms with Crippen LogP contribution in [0.5, 0.6) is 0 Å². The van der Waals surface area contributed by atoms with Crippen molar-refractivity contribution in [3.05, 3.63) is 52.8 Å². The molecule has 0 aliphatic heterocycles. The lowest BCUT2D eigenvalue weighted by Crippen LogP contribution is -2.14. The fourth-order valence-electron chi connectivity index (χ4n) is 1.57. The number of carbonyl (C=O) groups is 1. The summed E-state index contributed by atoms with van der Waals surface area (Å²) in [6.07, 6.45) is 1.07. The standard InChI is InChI=1S/C13H12BrN3O3S/c1-21(19,20)17-10-7-5-9(6-8-10)15-13(18)11-3-2-4-12(14)16-11/h2-8,17H,1H3,(H,15,18). The molecule has 2 rings (SSSR count). The molecular weight excluding hydrogens is 358 g/mol. The van der Waals surface area contributed by atoms with Crippen molar-refractivity contribution in [2.24, 2.45) is 0 Å². The van der Waals surface area contributed by atoms with E-state index in [1.54, 1.807) is 42.5 Å². The van der Waals surface area contributed by atoms with E-state index in [2.05, 4.69) is 31.0 Å². The van der Waals surface area contributed by atoms with Crippen LogP contribution in [0.25, 0.3) is 0 Å². The van der Waals surface area contributed by atoms with E-state index in [9.17, 15) is 13.2 Å². The second kappa shape index (κ2) is 6.23. The molecule has 0 radical (unpaired) electrons. The maximum atomic E-state index is 12.0. The number of halogens is 1. The summed E-state index contributed by atoms with van der Waals surface area (Å²) in [5.74, 6) is -0.347. The van der Waals surface area contributed by atoms with E-state index in [0.29, 0.717) is 16.0 Å². The SMILES string of the molecule is CS(=O)(=O)Nc1ccc(NC(=O)c2cccc(Br)n2)cc1. The first-order valence-electron chi connectivity index (χ1n) is 5.85. The maximum absolute atomic E-state index is 12.0. The third-order valence-corrected chi connectivity index (χ3v) is 3.44. The average Bonchev–Trinajstić information content (AvgIpc) is 2.39. The van der Waals surface area contributed by atoms with Crippen molar-refractivity contribution in [1.82, 2.24) is 4.98 Å². The molecule has 0 saturated carbocycles. The number of amides is 1. The molecule has 110 valence electrons. The highest BCUT2D eigenvalue weighted by Gasteiger charge is 2.08. The Kier molecular flexibility index (Phi) is 4.59. The lowest BCUT2D eigenvalue weighted by Gasteiger charge is -2.07. The van der Waals surface area contributed by atoms with Crippen LogP contribution < -0.4 is 10.0 Å². The van der Waals surface area contributed by atoms with Gasteiger partial charge in [-0.1, -0.05) is 6.07 Å². The molecule has 2 aromatic rings. The Hall–Kier alpha value is -1.93. The third kappa shape index (κ3) is 4.83. The quantitative estimate of drug-likeness (QED) is 0.810. The van der Waals surface area contributed by atoms with E-state index < -0.39 is 10.0 Å². The van der Waals surface area contributed by atoms with Gasteiger partial charge >= 0.3 is 0 Å². The molecule has 0 atom stereocenters. The van der Waals surface area contributed by atoms with E-state index in [0.717, 1.165) is 6.26 Å². The highest BCUT2D eigenvalue weighted by atomic mass is 79.9. The van der Waals surface area contributed by atoms with E-state index in [1.807, 2.05) is 0 Å². The van der Waals surface area contributed by atoms with E-state index in [1.165, 1.54) is 0 Å². The highest BCUT2D eigenvalue weighted by Crippen LogP contribution is 2.15. The first kappa shape index (κ1) is 15.5. The van der Waals surface area contributed by atoms with Crippen molar-refractivity contribution in [3.63, 3.8) is 0 Å².